The van der Waals surface area contributed by atoms with Crippen LogP contribution in [0.15, 0.2) is 41.9 Å². The number of carbonyl (C=O) groups is 3. The molecule has 4 N–H and O–H groups in total. The molecule has 0 aliphatic carbocycles. The molecule has 2 aromatic rings. The number of hydrogen-bond donors (Lipinski definition) is 3. The maximum Gasteiger partial charge on any atom is 0.251 e. The molecule has 9 heteroatoms. The van der Waals surface area contributed by atoms with Crippen LogP contribution in [0, 0.1) is 0 Å². The lowest BCUT2D eigenvalue weighted by atomic mass is 10.1. The molecule has 3 rings (SSSR count). The normalized spacial score (nSPS) is 19.2. The number of anilines is 1. The molecule has 0 spiro atoms. The van der Waals surface area contributed by atoms with E-state index in [9.17, 15) is 14.4 Å². The first kappa shape index (κ1) is 18.0. The Morgan fingerprint density at radius 1 is 1.27 bits per heavy atom. The maximum atomic E-state index is 12.6. The fourth-order valence-corrected chi connectivity index (χ4v) is 3.40. The van der Waals surface area contributed by atoms with Crippen LogP contribution in [0.25, 0.3) is 0 Å². The van der Waals surface area contributed by atoms with E-state index >= 15 is 0 Å². The number of rotatable bonds is 5. The minimum absolute atomic E-state index is 0.191. The number of nitrogens with one attached hydrogen (secondary N) is 2. The number of hydrogen-bond acceptors (Lipinski definition) is 6. The van der Waals surface area contributed by atoms with Gasteiger partial charge in [0.15, 0.2) is 0 Å². The number of likely N-dealkylation sites (tertiary alicyclic amines) is 1. The van der Waals surface area contributed by atoms with Gasteiger partial charge in [-0.15, -0.1) is 0 Å². The zero-order valence-corrected chi connectivity index (χ0v) is 14.7. The molecule has 26 heavy (non-hydrogen) atoms. The molecule has 1 aliphatic rings. The van der Waals surface area contributed by atoms with E-state index in [1.807, 2.05) is 6.07 Å². The van der Waals surface area contributed by atoms with Gasteiger partial charge in [0.25, 0.3) is 5.91 Å². The Balaban J connectivity index is 1.69. The topological polar surface area (TPSA) is 117 Å². The van der Waals surface area contributed by atoms with Gasteiger partial charge in [-0.05, 0) is 30.1 Å². The van der Waals surface area contributed by atoms with Crippen LogP contribution in [-0.2, 0) is 9.59 Å². The van der Waals surface area contributed by atoms with Gasteiger partial charge in [-0.2, -0.15) is 4.37 Å². The van der Waals surface area contributed by atoms with Crippen molar-refractivity contribution in [2.45, 2.75) is 18.5 Å². The van der Waals surface area contributed by atoms with Crippen molar-refractivity contribution in [3.05, 3.63) is 47.5 Å². The second-order valence-corrected chi connectivity index (χ2v) is 6.60. The van der Waals surface area contributed by atoms with Crippen molar-refractivity contribution in [3.63, 3.8) is 0 Å². The molecule has 2 heterocycles. The van der Waals surface area contributed by atoms with Crippen LogP contribution in [-0.4, -0.2) is 52.2 Å². The molecule has 0 radical (unpaired) electrons. The highest BCUT2D eigenvalue weighted by molar-refractivity contribution is 7.04. The third-order valence-electron chi connectivity index (χ3n) is 4.17. The van der Waals surface area contributed by atoms with Gasteiger partial charge >= 0.3 is 0 Å². The largest absolute Gasteiger partial charge is 0.347 e. The summed E-state index contributed by atoms with van der Waals surface area (Å²) in [6.45, 7) is 0.0533. The summed E-state index contributed by atoms with van der Waals surface area (Å²) in [5, 5.41) is 7.33. The van der Waals surface area contributed by atoms with Gasteiger partial charge in [0.1, 0.15) is 6.04 Å². The first-order chi connectivity index (χ1) is 12.6. The molecule has 0 bridgehead atoms. The van der Waals surface area contributed by atoms with Crippen LogP contribution >= 0.6 is 11.5 Å². The van der Waals surface area contributed by atoms with E-state index in [1.54, 1.807) is 35.8 Å². The van der Waals surface area contributed by atoms with E-state index in [0.29, 0.717) is 17.7 Å². The second kappa shape index (κ2) is 8.07. The number of nitrogens with two attached hydrogens (primary N) is 1. The molecule has 3 amide bonds. The number of nitrogens with zero attached hydrogens (tertiary/aromatic N) is 2. The van der Waals surface area contributed by atoms with Crippen molar-refractivity contribution in [1.29, 1.82) is 0 Å². The van der Waals surface area contributed by atoms with Gasteiger partial charge in [-0.25, -0.2) is 0 Å². The Morgan fingerprint density at radius 2 is 2.04 bits per heavy atom. The first-order valence-electron chi connectivity index (χ1n) is 8.14. The van der Waals surface area contributed by atoms with Gasteiger partial charge < -0.3 is 21.3 Å². The van der Waals surface area contributed by atoms with Gasteiger partial charge in [0.2, 0.25) is 11.8 Å². The summed E-state index contributed by atoms with van der Waals surface area (Å²) in [6.07, 6.45) is 1.87. The molecule has 2 atom stereocenters. The molecule has 1 saturated heterocycles. The van der Waals surface area contributed by atoms with E-state index < -0.39 is 6.04 Å². The van der Waals surface area contributed by atoms with Crippen molar-refractivity contribution in [2.24, 2.45) is 5.73 Å². The molecular formula is C17H19N5O3S. The smallest absolute Gasteiger partial charge is 0.251 e. The average Bonchev–Trinajstić information content (AvgIpc) is 3.31. The van der Waals surface area contributed by atoms with Crippen molar-refractivity contribution in [1.82, 2.24) is 14.6 Å². The van der Waals surface area contributed by atoms with E-state index in [0.717, 1.165) is 0 Å². The summed E-state index contributed by atoms with van der Waals surface area (Å²) in [5.41, 5.74) is 6.58. The van der Waals surface area contributed by atoms with Crippen LogP contribution < -0.4 is 16.4 Å². The van der Waals surface area contributed by atoms with Crippen molar-refractivity contribution in [2.75, 3.05) is 18.4 Å². The third-order valence-corrected chi connectivity index (χ3v) is 4.76. The van der Waals surface area contributed by atoms with E-state index in [-0.39, 0.29) is 36.9 Å². The number of benzene rings is 1. The van der Waals surface area contributed by atoms with Gasteiger partial charge in [0.05, 0.1) is 18.4 Å². The molecule has 1 aromatic heterocycles. The van der Waals surface area contributed by atoms with Gasteiger partial charge in [0, 0.05) is 23.5 Å². The lowest BCUT2D eigenvalue weighted by Crippen LogP contribution is -2.46. The highest BCUT2D eigenvalue weighted by Gasteiger charge is 2.39. The van der Waals surface area contributed by atoms with Crippen molar-refractivity contribution in [3.8, 4) is 0 Å². The molecule has 0 unspecified atom stereocenters. The monoisotopic (exact) mass is 373 g/mol. The van der Waals surface area contributed by atoms with Crippen molar-refractivity contribution < 1.29 is 14.4 Å². The van der Waals surface area contributed by atoms with E-state index in [2.05, 4.69) is 15.0 Å². The Kier molecular flexibility index (Phi) is 5.59. The summed E-state index contributed by atoms with van der Waals surface area (Å²) in [4.78, 5) is 38.4. The zero-order valence-electron chi connectivity index (χ0n) is 13.9. The van der Waals surface area contributed by atoms with Crippen LogP contribution in [0.4, 0.5) is 5.69 Å². The average molecular weight is 373 g/mol. The molecule has 136 valence electrons. The zero-order chi connectivity index (χ0) is 18.5. The Bertz CT molecular complexity index is 781. The molecular weight excluding hydrogens is 354 g/mol. The predicted molar refractivity (Wildman–Crippen MR) is 97.6 cm³/mol. The predicted octanol–water partition coefficient (Wildman–Crippen LogP) is 0.440. The lowest BCUT2D eigenvalue weighted by Gasteiger charge is -2.22. The second-order valence-electron chi connectivity index (χ2n) is 5.94. The molecule has 0 saturated carbocycles. The molecule has 1 aromatic carbocycles. The highest BCUT2D eigenvalue weighted by atomic mass is 32.1. The Labute approximate surface area is 154 Å². The molecule has 1 aliphatic heterocycles. The third kappa shape index (κ3) is 4.06. The lowest BCUT2D eigenvalue weighted by molar-refractivity contribution is -0.135. The quantitative estimate of drug-likeness (QED) is 0.703. The highest BCUT2D eigenvalue weighted by Crippen LogP contribution is 2.21. The summed E-state index contributed by atoms with van der Waals surface area (Å²) >= 11 is 1.22. The summed E-state index contributed by atoms with van der Waals surface area (Å²) in [7, 11) is 0. The van der Waals surface area contributed by atoms with E-state index in [1.165, 1.54) is 16.4 Å². The van der Waals surface area contributed by atoms with Crippen LogP contribution in [0.3, 0.4) is 0 Å². The Hall–Kier alpha value is -2.78. The first-order valence-corrected chi connectivity index (χ1v) is 8.98. The van der Waals surface area contributed by atoms with Gasteiger partial charge in [-0.3, -0.25) is 14.4 Å². The van der Waals surface area contributed by atoms with Crippen LogP contribution in [0.5, 0.6) is 0 Å². The van der Waals surface area contributed by atoms with Crippen molar-refractivity contribution >= 4 is 34.9 Å². The minimum Gasteiger partial charge on any atom is -0.347 e. The minimum atomic E-state index is -0.688. The number of amides is 3. The molecule has 1 fully saturated rings. The maximum absolute atomic E-state index is 12.6. The number of carbonyl (C=O) groups excluding carboxylic acids is 3. The fraction of sp³-hybridized carbons (Fsp3) is 0.294. The van der Waals surface area contributed by atoms with Gasteiger partial charge in [-0.1, -0.05) is 18.2 Å². The fourth-order valence-electron chi connectivity index (χ4n) is 2.93. The standard InChI is InChI=1S/C17H19N5O3S/c18-7-15(23)22-9-12(20-16(24)11-4-2-1-3-5-11)6-14(22)17(25)21-13-8-19-26-10-13/h1-5,8,10,12,14H,6-7,9,18H2,(H,20,24)(H,21,25)/t12-,14+/m1/s1. The van der Waals surface area contributed by atoms with Crippen LogP contribution in [0.2, 0.25) is 0 Å². The van der Waals surface area contributed by atoms with E-state index in [4.69, 9.17) is 5.73 Å². The molecule has 8 nitrogen and oxygen atoms in total. The summed E-state index contributed by atoms with van der Waals surface area (Å²) < 4.78 is 3.93. The summed E-state index contributed by atoms with van der Waals surface area (Å²) in [6, 6.07) is 7.79. The Morgan fingerprint density at radius 3 is 2.69 bits per heavy atom. The summed E-state index contributed by atoms with van der Waals surface area (Å²) in [5.74, 6) is -0.882. The SMILES string of the molecule is NCC(=O)N1C[C@H](NC(=O)c2ccccc2)C[C@H]1C(=O)Nc1cnsc1. The van der Waals surface area contributed by atoms with Crippen LogP contribution in [0.1, 0.15) is 16.8 Å². The number of aromatic nitrogens is 1.